The summed E-state index contributed by atoms with van der Waals surface area (Å²) in [5.41, 5.74) is 1.14. The van der Waals surface area contributed by atoms with Crippen LogP contribution in [0.3, 0.4) is 0 Å². The molecule has 0 aliphatic carbocycles. The number of morpholine rings is 1. The number of likely N-dealkylation sites (N-methyl/N-ethyl adjacent to an activating group) is 1. The van der Waals surface area contributed by atoms with Gasteiger partial charge in [-0.05, 0) is 24.7 Å². The third kappa shape index (κ3) is 4.10. The van der Waals surface area contributed by atoms with Gasteiger partial charge >= 0.3 is 0 Å². The molecule has 0 saturated carbocycles. The minimum atomic E-state index is -3.36. The number of sulfonamides is 1. The van der Waals surface area contributed by atoms with E-state index in [0.717, 1.165) is 51.5 Å². The fraction of sp³-hybridized carbons (Fsp3) is 0.625. The van der Waals surface area contributed by atoms with Crippen LogP contribution in [0.5, 0.6) is 0 Å². The molecular weight excluding hydrogens is 314 g/mol. The van der Waals surface area contributed by atoms with Gasteiger partial charge in [-0.25, -0.2) is 8.42 Å². The predicted octanol–water partition coefficient (Wildman–Crippen LogP) is 0.455. The summed E-state index contributed by atoms with van der Waals surface area (Å²) in [6.45, 7) is 6.96. The molecule has 0 aromatic heterocycles. The van der Waals surface area contributed by atoms with Crippen molar-refractivity contribution in [3.8, 4) is 0 Å². The normalized spacial score (nSPS) is 22.3. The molecular formula is C16H25N3O3S. The number of benzene rings is 1. The Morgan fingerprint density at radius 1 is 0.957 bits per heavy atom. The van der Waals surface area contributed by atoms with Crippen LogP contribution in [0.2, 0.25) is 0 Å². The highest BCUT2D eigenvalue weighted by atomic mass is 32.2. The van der Waals surface area contributed by atoms with E-state index in [-0.39, 0.29) is 0 Å². The van der Waals surface area contributed by atoms with E-state index in [1.165, 1.54) is 0 Å². The first-order valence-corrected chi connectivity index (χ1v) is 9.57. The summed E-state index contributed by atoms with van der Waals surface area (Å²) in [7, 11) is -1.34. The molecule has 23 heavy (non-hydrogen) atoms. The SMILES string of the molecule is CN1CCN(S(=O)(=O)c2ccc(CN3CCOCC3)cc2)CC1. The third-order valence-electron chi connectivity index (χ3n) is 4.53. The number of ether oxygens (including phenoxy) is 1. The van der Waals surface area contributed by atoms with E-state index in [4.69, 9.17) is 4.74 Å². The van der Waals surface area contributed by atoms with E-state index in [0.29, 0.717) is 18.0 Å². The second-order valence-electron chi connectivity index (χ2n) is 6.24. The average Bonchev–Trinajstić information content (AvgIpc) is 2.57. The van der Waals surface area contributed by atoms with Crippen molar-refractivity contribution in [3.63, 3.8) is 0 Å². The molecule has 2 aliphatic rings. The Hall–Kier alpha value is -0.990. The van der Waals surface area contributed by atoms with Crippen LogP contribution in [0.1, 0.15) is 5.56 Å². The molecule has 128 valence electrons. The lowest BCUT2D eigenvalue weighted by atomic mass is 10.2. The van der Waals surface area contributed by atoms with Gasteiger partial charge in [0.2, 0.25) is 10.0 Å². The van der Waals surface area contributed by atoms with Gasteiger partial charge in [0.25, 0.3) is 0 Å². The molecule has 1 aromatic rings. The zero-order valence-electron chi connectivity index (χ0n) is 13.6. The van der Waals surface area contributed by atoms with Crippen LogP contribution in [0.4, 0.5) is 0 Å². The van der Waals surface area contributed by atoms with E-state index in [1.54, 1.807) is 16.4 Å². The molecule has 2 fully saturated rings. The molecule has 2 aliphatic heterocycles. The first-order chi connectivity index (χ1) is 11.1. The molecule has 0 N–H and O–H groups in total. The summed E-state index contributed by atoms with van der Waals surface area (Å²) in [5.74, 6) is 0. The van der Waals surface area contributed by atoms with Gasteiger partial charge in [0.1, 0.15) is 0 Å². The molecule has 3 rings (SSSR count). The highest BCUT2D eigenvalue weighted by molar-refractivity contribution is 7.89. The molecule has 0 amide bonds. The molecule has 0 radical (unpaired) electrons. The molecule has 0 atom stereocenters. The maximum absolute atomic E-state index is 12.7. The Labute approximate surface area is 138 Å². The summed E-state index contributed by atoms with van der Waals surface area (Å²) in [5, 5.41) is 0. The van der Waals surface area contributed by atoms with Gasteiger partial charge in [-0.2, -0.15) is 4.31 Å². The summed E-state index contributed by atoms with van der Waals surface area (Å²) < 4.78 is 32.3. The van der Waals surface area contributed by atoms with Gasteiger partial charge < -0.3 is 9.64 Å². The Balaban J connectivity index is 1.66. The fourth-order valence-electron chi connectivity index (χ4n) is 2.96. The summed E-state index contributed by atoms with van der Waals surface area (Å²) in [6, 6.07) is 7.34. The summed E-state index contributed by atoms with van der Waals surface area (Å²) in [4.78, 5) is 4.87. The smallest absolute Gasteiger partial charge is 0.243 e. The van der Waals surface area contributed by atoms with Crippen molar-refractivity contribution in [2.75, 3.05) is 59.5 Å². The zero-order chi connectivity index (χ0) is 16.3. The highest BCUT2D eigenvalue weighted by Gasteiger charge is 2.27. The van der Waals surface area contributed by atoms with Gasteiger partial charge in [0.05, 0.1) is 18.1 Å². The number of rotatable bonds is 4. The van der Waals surface area contributed by atoms with Crippen molar-refractivity contribution in [2.45, 2.75) is 11.4 Å². The summed E-state index contributed by atoms with van der Waals surface area (Å²) in [6.07, 6.45) is 0. The summed E-state index contributed by atoms with van der Waals surface area (Å²) >= 11 is 0. The van der Waals surface area contributed by atoms with Crippen molar-refractivity contribution in [1.29, 1.82) is 0 Å². The molecule has 0 bridgehead atoms. The lowest BCUT2D eigenvalue weighted by Gasteiger charge is -2.31. The average molecular weight is 339 g/mol. The number of nitrogens with zero attached hydrogens (tertiary/aromatic N) is 3. The van der Waals surface area contributed by atoms with Crippen LogP contribution in [-0.4, -0.2) is 82.1 Å². The number of hydrogen-bond acceptors (Lipinski definition) is 5. The fourth-order valence-corrected chi connectivity index (χ4v) is 4.38. The van der Waals surface area contributed by atoms with Gasteiger partial charge in [-0.3, -0.25) is 4.90 Å². The zero-order valence-corrected chi connectivity index (χ0v) is 14.5. The Morgan fingerprint density at radius 3 is 2.17 bits per heavy atom. The van der Waals surface area contributed by atoms with Crippen molar-refractivity contribution in [1.82, 2.24) is 14.1 Å². The second kappa shape index (κ2) is 7.27. The predicted molar refractivity (Wildman–Crippen MR) is 88.8 cm³/mol. The van der Waals surface area contributed by atoms with Gasteiger partial charge in [0, 0.05) is 45.8 Å². The van der Waals surface area contributed by atoms with Crippen LogP contribution in [0.15, 0.2) is 29.2 Å². The Morgan fingerprint density at radius 2 is 1.57 bits per heavy atom. The van der Waals surface area contributed by atoms with Crippen molar-refractivity contribution in [2.24, 2.45) is 0 Å². The van der Waals surface area contributed by atoms with Crippen molar-refractivity contribution in [3.05, 3.63) is 29.8 Å². The maximum atomic E-state index is 12.7. The second-order valence-corrected chi connectivity index (χ2v) is 8.18. The van der Waals surface area contributed by atoms with E-state index in [1.807, 2.05) is 19.2 Å². The lowest BCUT2D eigenvalue weighted by Crippen LogP contribution is -2.47. The van der Waals surface area contributed by atoms with Crippen LogP contribution >= 0.6 is 0 Å². The molecule has 7 heteroatoms. The maximum Gasteiger partial charge on any atom is 0.243 e. The third-order valence-corrected chi connectivity index (χ3v) is 6.45. The molecule has 2 saturated heterocycles. The van der Waals surface area contributed by atoms with E-state index in [9.17, 15) is 8.42 Å². The van der Waals surface area contributed by atoms with E-state index in [2.05, 4.69) is 9.80 Å². The lowest BCUT2D eigenvalue weighted by molar-refractivity contribution is 0.0342. The van der Waals surface area contributed by atoms with Crippen LogP contribution in [0, 0.1) is 0 Å². The monoisotopic (exact) mass is 339 g/mol. The molecule has 0 unspecified atom stereocenters. The van der Waals surface area contributed by atoms with Gasteiger partial charge in [-0.15, -0.1) is 0 Å². The molecule has 2 heterocycles. The highest BCUT2D eigenvalue weighted by Crippen LogP contribution is 2.18. The van der Waals surface area contributed by atoms with Gasteiger partial charge in [0.15, 0.2) is 0 Å². The van der Waals surface area contributed by atoms with Crippen LogP contribution in [-0.2, 0) is 21.3 Å². The standard InChI is InChI=1S/C16H25N3O3S/c1-17-6-8-19(9-7-17)23(20,21)16-4-2-15(3-5-16)14-18-10-12-22-13-11-18/h2-5H,6-14H2,1H3. The minimum absolute atomic E-state index is 0.396. The number of piperazine rings is 1. The van der Waals surface area contributed by atoms with Crippen molar-refractivity contribution >= 4 is 10.0 Å². The van der Waals surface area contributed by atoms with Crippen LogP contribution in [0.25, 0.3) is 0 Å². The van der Waals surface area contributed by atoms with E-state index < -0.39 is 10.0 Å². The number of hydrogen-bond donors (Lipinski definition) is 0. The Kier molecular flexibility index (Phi) is 5.33. The largest absolute Gasteiger partial charge is 0.379 e. The van der Waals surface area contributed by atoms with E-state index >= 15 is 0 Å². The first kappa shape index (κ1) is 16.9. The Bertz CT molecular complexity index is 604. The van der Waals surface area contributed by atoms with Gasteiger partial charge in [-0.1, -0.05) is 12.1 Å². The minimum Gasteiger partial charge on any atom is -0.379 e. The molecule has 0 spiro atoms. The van der Waals surface area contributed by atoms with Crippen molar-refractivity contribution < 1.29 is 13.2 Å². The molecule has 1 aromatic carbocycles. The first-order valence-electron chi connectivity index (χ1n) is 8.13. The van der Waals surface area contributed by atoms with Crippen LogP contribution < -0.4 is 0 Å². The molecule has 6 nitrogen and oxygen atoms in total. The quantitative estimate of drug-likeness (QED) is 0.797. The topological polar surface area (TPSA) is 53.1 Å².